The van der Waals surface area contributed by atoms with E-state index in [9.17, 15) is 9.59 Å². The van der Waals surface area contributed by atoms with Crippen LogP contribution in [0.25, 0.3) is 0 Å². The summed E-state index contributed by atoms with van der Waals surface area (Å²) in [5.41, 5.74) is 0. The minimum atomic E-state index is -0.895. The molecule has 0 radical (unpaired) electrons. The second-order valence-corrected chi connectivity index (χ2v) is 4.91. The standard InChI is InChI=1S/C13H19NO4S/c1-2-18-9-4-7-14(8-6-12(15)16)13(17)11-5-3-10-19-11/h3,5,10H,2,4,6-9H2,1H3,(H,15,16). The molecule has 1 heterocycles. The highest BCUT2D eigenvalue weighted by Crippen LogP contribution is 2.12. The van der Waals surface area contributed by atoms with Gasteiger partial charge in [-0.1, -0.05) is 6.07 Å². The van der Waals surface area contributed by atoms with Gasteiger partial charge >= 0.3 is 5.97 Å². The highest BCUT2D eigenvalue weighted by Gasteiger charge is 2.17. The number of aliphatic carboxylic acids is 1. The van der Waals surface area contributed by atoms with Gasteiger partial charge in [0, 0.05) is 26.3 Å². The molecule has 0 fully saturated rings. The zero-order valence-electron chi connectivity index (χ0n) is 11.0. The van der Waals surface area contributed by atoms with Crippen LogP contribution >= 0.6 is 11.3 Å². The molecular formula is C13H19NO4S. The average molecular weight is 285 g/mol. The average Bonchev–Trinajstić information content (AvgIpc) is 2.90. The summed E-state index contributed by atoms with van der Waals surface area (Å²) in [5.74, 6) is -0.999. The molecule has 0 aliphatic rings. The number of ether oxygens (including phenoxy) is 1. The van der Waals surface area contributed by atoms with Gasteiger partial charge in [-0.15, -0.1) is 11.3 Å². The van der Waals surface area contributed by atoms with Crippen molar-refractivity contribution >= 4 is 23.2 Å². The van der Waals surface area contributed by atoms with Gasteiger partial charge in [-0.25, -0.2) is 0 Å². The molecule has 6 heteroatoms. The molecule has 0 aromatic carbocycles. The van der Waals surface area contributed by atoms with Crippen LogP contribution in [0.4, 0.5) is 0 Å². The van der Waals surface area contributed by atoms with Crippen LogP contribution < -0.4 is 0 Å². The first-order valence-corrected chi connectivity index (χ1v) is 7.15. The van der Waals surface area contributed by atoms with Crippen LogP contribution in [-0.2, 0) is 9.53 Å². The van der Waals surface area contributed by atoms with E-state index in [1.807, 2.05) is 18.4 Å². The maximum atomic E-state index is 12.2. The van der Waals surface area contributed by atoms with Crippen molar-refractivity contribution in [1.29, 1.82) is 0 Å². The van der Waals surface area contributed by atoms with Crippen LogP contribution in [0.1, 0.15) is 29.4 Å². The van der Waals surface area contributed by atoms with Gasteiger partial charge in [-0.3, -0.25) is 9.59 Å². The van der Waals surface area contributed by atoms with E-state index >= 15 is 0 Å². The number of carboxylic acid groups (broad SMARTS) is 1. The fraction of sp³-hybridized carbons (Fsp3) is 0.538. The van der Waals surface area contributed by atoms with Gasteiger partial charge in [0.15, 0.2) is 0 Å². The summed E-state index contributed by atoms with van der Waals surface area (Å²) in [5, 5.41) is 10.6. The number of carbonyl (C=O) groups excluding carboxylic acids is 1. The Kier molecular flexibility index (Phi) is 7.14. The molecule has 0 unspecified atom stereocenters. The summed E-state index contributed by atoms with van der Waals surface area (Å²) in [6.07, 6.45) is 0.677. The highest BCUT2D eigenvalue weighted by atomic mass is 32.1. The van der Waals surface area contributed by atoms with Gasteiger partial charge in [0.05, 0.1) is 11.3 Å². The number of rotatable bonds is 9. The molecule has 0 bridgehead atoms. The Balaban J connectivity index is 2.52. The Hall–Kier alpha value is -1.40. The first-order chi connectivity index (χ1) is 9.15. The SMILES string of the molecule is CCOCCCN(CCC(=O)O)C(=O)c1cccs1. The van der Waals surface area contributed by atoms with Gasteiger partial charge in [0.1, 0.15) is 0 Å². The summed E-state index contributed by atoms with van der Waals surface area (Å²) < 4.78 is 5.23. The molecule has 19 heavy (non-hydrogen) atoms. The molecule has 1 amide bonds. The largest absolute Gasteiger partial charge is 0.481 e. The molecule has 0 spiro atoms. The fourth-order valence-corrected chi connectivity index (χ4v) is 2.29. The van der Waals surface area contributed by atoms with Crippen molar-refractivity contribution in [3.8, 4) is 0 Å². The minimum absolute atomic E-state index is 0.0360. The number of amides is 1. The van der Waals surface area contributed by atoms with E-state index in [0.29, 0.717) is 31.1 Å². The summed E-state index contributed by atoms with van der Waals surface area (Å²) in [4.78, 5) is 25.0. The van der Waals surface area contributed by atoms with E-state index in [4.69, 9.17) is 9.84 Å². The quantitative estimate of drug-likeness (QED) is 0.705. The number of hydrogen-bond donors (Lipinski definition) is 1. The van der Waals surface area contributed by atoms with Gasteiger partial charge in [0.25, 0.3) is 5.91 Å². The third-order valence-electron chi connectivity index (χ3n) is 2.54. The van der Waals surface area contributed by atoms with E-state index in [0.717, 1.165) is 0 Å². The molecule has 1 aromatic heterocycles. The maximum absolute atomic E-state index is 12.2. The van der Waals surface area contributed by atoms with Crippen LogP contribution in [0.5, 0.6) is 0 Å². The molecule has 0 aliphatic carbocycles. The van der Waals surface area contributed by atoms with E-state index < -0.39 is 5.97 Å². The summed E-state index contributed by atoms with van der Waals surface area (Å²) in [7, 11) is 0. The summed E-state index contributed by atoms with van der Waals surface area (Å²) in [6, 6.07) is 3.57. The zero-order valence-corrected chi connectivity index (χ0v) is 11.8. The van der Waals surface area contributed by atoms with Crippen molar-refractivity contribution in [2.24, 2.45) is 0 Å². The van der Waals surface area contributed by atoms with Crippen molar-refractivity contribution < 1.29 is 19.4 Å². The Morgan fingerprint density at radius 2 is 2.21 bits per heavy atom. The predicted octanol–water partition coefficient (Wildman–Crippen LogP) is 2.09. The topological polar surface area (TPSA) is 66.8 Å². The smallest absolute Gasteiger partial charge is 0.305 e. The van der Waals surface area contributed by atoms with Crippen LogP contribution in [-0.4, -0.2) is 48.2 Å². The second kappa shape index (κ2) is 8.66. The van der Waals surface area contributed by atoms with Crippen molar-refractivity contribution in [2.45, 2.75) is 19.8 Å². The number of nitrogens with zero attached hydrogens (tertiary/aromatic N) is 1. The van der Waals surface area contributed by atoms with Gasteiger partial charge < -0.3 is 14.7 Å². The molecular weight excluding hydrogens is 266 g/mol. The van der Waals surface area contributed by atoms with Gasteiger partial charge in [-0.2, -0.15) is 0 Å². The van der Waals surface area contributed by atoms with Crippen molar-refractivity contribution in [1.82, 2.24) is 4.90 Å². The normalized spacial score (nSPS) is 10.4. The Morgan fingerprint density at radius 1 is 1.42 bits per heavy atom. The Bertz CT molecular complexity index is 391. The van der Waals surface area contributed by atoms with Crippen molar-refractivity contribution in [2.75, 3.05) is 26.3 Å². The number of thiophene rings is 1. The lowest BCUT2D eigenvalue weighted by Gasteiger charge is -2.21. The Morgan fingerprint density at radius 3 is 2.79 bits per heavy atom. The second-order valence-electron chi connectivity index (χ2n) is 3.96. The minimum Gasteiger partial charge on any atom is -0.481 e. The third-order valence-corrected chi connectivity index (χ3v) is 3.39. The number of carboxylic acids is 1. The van der Waals surface area contributed by atoms with Crippen molar-refractivity contribution in [3.63, 3.8) is 0 Å². The summed E-state index contributed by atoms with van der Waals surface area (Å²) in [6.45, 7) is 3.90. The summed E-state index contributed by atoms with van der Waals surface area (Å²) >= 11 is 1.37. The van der Waals surface area contributed by atoms with Crippen molar-refractivity contribution in [3.05, 3.63) is 22.4 Å². The lowest BCUT2D eigenvalue weighted by molar-refractivity contribution is -0.137. The third kappa shape index (κ3) is 5.85. The van der Waals surface area contributed by atoms with E-state index in [-0.39, 0.29) is 18.9 Å². The molecule has 1 N–H and O–H groups in total. The van der Waals surface area contributed by atoms with E-state index in [1.165, 1.54) is 11.3 Å². The lowest BCUT2D eigenvalue weighted by Crippen LogP contribution is -2.34. The predicted molar refractivity (Wildman–Crippen MR) is 73.6 cm³/mol. The van der Waals surface area contributed by atoms with Crippen LogP contribution in [0.15, 0.2) is 17.5 Å². The number of hydrogen-bond acceptors (Lipinski definition) is 4. The maximum Gasteiger partial charge on any atom is 0.305 e. The molecule has 0 atom stereocenters. The van der Waals surface area contributed by atoms with Crippen LogP contribution in [0.2, 0.25) is 0 Å². The number of carbonyl (C=O) groups is 2. The first kappa shape index (κ1) is 15.7. The molecule has 0 saturated carbocycles. The molecule has 1 rings (SSSR count). The first-order valence-electron chi connectivity index (χ1n) is 6.27. The van der Waals surface area contributed by atoms with Crippen LogP contribution in [0.3, 0.4) is 0 Å². The van der Waals surface area contributed by atoms with Gasteiger partial charge in [0.2, 0.25) is 0 Å². The zero-order chi connectivity index (χ0) is 14.1. The van der Waals surface area contributed by atoms with E-state index in [2.05, 4.69) is 0 Å². The lowest BCUT2D eigenvalue weighted by atomic mass is 10.3. The van der Waals surface area contributed by atoms with Crippen LogP contribution in [0, 0.1) is 0 Å². The highest BCUT2D eigenvalue weighted by molar-refractivity contribution is 7.12. The Labute approximate surface area is 116 Å². The monoisotopic (exact) mass is 285 g/mol. The van der Waals surface area contributed by atoms with Gasteiger partial charge in [-0.05, 0) is 24.8 Å². The van der Waals surface area contributed by atoms with E-state index in [1.54, 1.807) is 11.0 Å². The molecule has 0 saturated heterocycles. The molecule has 106 valence electrons. The fourth-order valence-electron chi connectivity index (χ4n) is 1.60. The molecule has 0 aliphatic heterocycles. The molecule has 1 aromatic rings. The molecule has 5 nitrogen and oxygen atoms in total.